The van der Waals surface area contributed by atoms with E-state index in [0.29, 0.717) is 29.6 Å². The number of nitrogens with zero attached hydrogens (tertiary/aromatic N) is 2. The number of amides is 8. The highest BCUT2D eigenvalue weighted by atomic mass is 16.3. The molecule has 3 aliphatic heterocycles. The first kappa shape index (κ1) is 63.0. The Bertz CT molecular complexity index is 2140. The van der Waals surface area contributed by atoms with Crippen molar-refractivity contribution in [2.24, 2.45) is 23.5 Å². The van der Waals surface area contributed by atoms with Gasteiger partial charge in [0.2, 0.25) is 47.3 Å². The second-order valence-electron chi connectivity index (χ2n) is 21.2. The SMILES string of the molecule is CCC(C)CC(C)CCCCCCCCC(=O)N[C@@H]1C[C@H](O)[C@@H](O)NC(=O)[C@@H]2[C@@H](O)[C@@H](C)CN2C(=O)[C@H]([C@H](O)CC(N)=O)NC(=O)[C@H]([C@H](O)[C@@H](O)c2ccc(O)cc2)NC(=O)[C@@H]2C[C@@H](O)CN2C(=O)[C@H]([C@@H](C)O)NC1=O. The van der Waals surface area contributed by atoms with Gasteiger partial charge in [0.05, 0.1) is 30.8 Å². The third kappa shape index (κ3) is 17.5. The van der Waals surface area contributed by atoms with Crippen molar-refractivity contribution in [3.05, 3.63) is 29.8 Å². The molecule has 3 fully saturated rings. The lowest BCUT2D eigenvalue weighted by atomic mass is 9.91. The smallest absolute Gasteiger partial charge is 0.248 e. The number of benzene rings is 1. The van der Waals surface area contributed by atoms with Gasteiger partial charge in [-0.3, -0.25) is 38.4 Å². The first-order chi connectivity index (χ1) is 35.7. The highest BCUT2D eigenvalue weighted by Gasteiger charge is 2.50. The maximum atomic E-state index is 14.5. The van der Waals surface area contributed by atoms with Crippen molar-refractivity contribution in [3.63, 3.8) is 0 Å². The Labute approximate surface area is 442 Å². The van der Waals surface area contributed by atoms with Gasteiger partial charge in [0.25, 0.3) is 0 Å². The first-order valence-electron chi connectivity index (χ1n) is 26.4. The molecule has 0 saturated carbocycles. The molecule has 16 N–H and O–H groups in total. The van der Waals surface area contributed by atoms with Gasteiger partial charge < -0.3 is 88.1 Å². The van der Waals surface area contributed by atoms with Crippen LogP contribution in [0.3, 0.4) is 0 Å². The third-order valence-corrected chi connectivity index (χ3v) is 14.7. The van der Waals surface area contributed by atoms with E-state index in [1.165, 1.54) is 13.3 Å². The second-order valence-corrected chi connectivity index (χ2v) is 21.2. The van der Waals surface area contributed by atoms with E-state index in [1.807, 2.05) is 0 Å². The van der Waals surface area contributed by atoms with Gasteiger partial charge in [0.15, 0.2) is 6.23 Å². The van der Waals surface area contributed by atoms with Crippen molar-refractivity contribution in [1.82, 2.24) is 36.4 Å². The molecule has 0 aliphatic carbocycles. The highest BCUT2D eigenvalue weighted by molar-refractivity contribution is 5.98. The lowest BCUT2D eigenvalue weighted by Crippen LogP contribution is -2.64. The lowest BCUT2D eigenvalue weighted by Gasteiger charge is -2.34. The number of fused-ring (bicyclic) bond motifs is 2. The van der Waals surface area contributed by atoms with Crippen LogP contribution < -0.4 is 32.3 Å². The summed E-state index contributed by atoms with van der Waals surface area (Å²) in [5, 5.41) is 111. The van der Waals surface area contributed by atoms with Crippen LogP contribution in [0, 0.1) is 17.8 Å². The van der Waals surface area contributed by atoms with Crippen LogP contribution in [0.15, 0.2) is 24.3 Å². The molecular weight excluding hydrogens is 997 g/mol. The van der Waals surface area contributed by atoms with Crippen molar-refractivity contribution in [1.29, 1.82) is 0 Å². The van der Waals surface area contributed by atoms with E-state index in [4.69, 9.17) is 5.73 Å². The van der Waals surface area contributed by atoms with Gasteiger partial charge in [-0.2, -0.15) is 0 Å². The molecule has 25 nitrogen and oxygen atoms in total. The number of unbranched alkanes of at least 4 members (excludes halogenated alkanes) is 5. The normalized spacial score (nSPS) is 29.8. The maximum absolute atomic E-state index is 14.5. The second kappa shape index (κ2) is 29.3. The van der Waals surface area contributed by atoms with Crippen LogP contribution in [0.4, 0.5) is 0 Å². The number of carbonyl (C=O) groups excluding carboxylic acids is 8. The van der Waals surface area contributed by atoms with Crippen molar-refractivity contribution in [2.45, 2.75) is 203 Å². The summed E-state index contributed by atoms with van der Waals surface area (Å²) in [5.74, 6) is -9.52. The molecule has 2 unspecified atom stereocenters. The number of phenolic OH excluding ortho intramolecular Hbond substituents is 1. The summed E-state index contributed by atoms with van der Waals surface area (Å²) in [6.45, 7) is 8.17. The van der Waals surface area contributed by atoms with E-state index in [1.54, 1.807) is 0 Å². The molecule has 1 aromatic rings. The topological polar surface area (TPSA) is 411 Å². The minimum Gasteiger partial charge on any atom is -0.508 e. The van der Waals surface area contributed by atoms with Gasteiger partial charge in [-0.15, -0.1) is 0 Å². The molecule has 428 valence electrons. The van der Waals surface area contributed by atoms with Gasteiger partial charge in [0.1, 0.15) is 60.3 Å². The Morgan fingerprint density at radius 3 is 1.93 bits per heavy atom. The molecule has 3 heterocycles. The molecule has 0 bridgehead atoms. The molecule has 25 heteroatoms. The van der Waals surface area contributed by atoms with Gasteiger partial charge in [-0.25, -0.2) is 0 Å². The summed E-state index contributed by atoms with van der Waals surface area (Å²) in [5.41, 5.74) is 5.23. The summed E-state index contributed by atoms with van der Waals surface area (Å²) in [7, 11) is 0. The van der Waals surface area contributed by atoms with Crippen LogP contribution in [0.25, 0.3) is 0 Å². The van der Waals surface area contributed by atoms with E-state index < -0.39 is 171 Å². The largest absolute Gasteiger partial charge is 0.508 e. The van der Waals surface area contributed by atoms with E-state index in [0.717, 1.165) is 74.6 Å². The summed E-state index contributed by atoms with van der Waals surface area (Å²) in [6, 6.07) is -7.42. The van der Waals surface area contributed by atoms with E-state index in [9.17, 15) is 84.3 Å². The van der Waals surface area contributed by atoms with E-state index in [2.05, 4.69) is 47.4 Å². The summed E-state index contributed by atoms with van der Waals surface area (Å²) >= 11 is 0. The highest BCUT2D eigenvalue weighted by Crippen LogP contribution is 2.28. The fourth-order valence-corrected chi connectivity index (χ4v) is 10.0. The summed E-state index contributed by atoms with van der Waals surface area (Å²) in [4.78, 5) is 113. The molecule has 0 aromatic heterocycles. The number of hydrogen-bond donors (Lipinski definition) is 15. The van der Waals surface area contributed by atoms with Gasteiger partial charge >= 0.3 is 0 Å². The zero-order valence-corrected chi connectivity index (χ0v) is 44.0. The zero-order valence-electron chi connectivity index (χ0n) is 44.0. The number of aliphatic hydroxyl groups excluding tert-OH is 8. The molecule has 17 atom stereocenters. The molecule has 1 aromatic carbocycles. The lowest BCUT2D eigenvalue weighted by molar-refractivity contribution is -0.149. The number of primary amides is 1. The maximum Gasteiger partial charge on any atom is 0.248 e. The molecular formula is C51H82N8O17. The molecule has 8 amide bonds. The fourth-order valence-electron chi connectivity index (χ4n) is 10.0. The zero-order chi connectivity index (χ0) is 56.7. The van der Waals surface area contributed by atoms with Gasteiger partial charge in [0, 0.05) is 38.3 Å². The Kier molecular flexibility index (Phi) is 24.3. The van der Waals surface area contributed by atoms with Crippen LogP contribution >= 0.6 is 0 Å². The number of aromatic hydroxyl groups is 1. The predicted molar refractivity (Wildman–Crippen MR) is 270 cm³/mol. The Balaban J connectivity index is 1.71. The third-order valence-electron chi connectivity index (χ3n) is 14.7. The monoisotopic (exact) mass is 1080 g/mol. The number of aliphatic hydroxyl groups is 8. The number of nitrogens with one attached hydrogen (secondary N) is 5. The van der Waals surface area contributed by atoms with Crippen molar-refractivity contribution >= 4 is 47.3 Å². The first-order valence-corrected chi connectivity index (χ1v) is 26.4. The number of carbonyl (C=O) groups is 8. The van der Waals surface area contributed by atoms with Crippen LogP contribution in [0.5, 0.6) is 5.75 Å². The minimum atomic E-state index is -2.37. The molecule has 0 radical (unpaired) electrons. The Hall–Kier alpha value is -5.54. The quantitative estimate of drug-likeness (QED) is 0.0575. The standard InChI is InChI=1S/C51H82N8O17/c1-6-25(2)19-26(3)13-11-9-7-8-10-12-14-37(66)53-32-21-35(64)47(72)57-49(74)41-42(67)27(4)23-59(41)51(76)39(34(63)22-36(52)65)55-48(73)40(44(69)43(68)29-15-17-30(61)18-16-29)56-46(71)33-20-31(62)24-58(33)50(75)38(28(5)60)54-45(32)70/h15-18,25-28,31-35,38-44,47,60-64,67-69,72H,6-14,19-24H2,1-5H3,(H2,52,65)(H,53,66)(H,54,70)(H,55,73)(H,56,71)(H,57,74)/t25?,26?,27-,28+,31+,32+,33-,34+,35-,38-,39-,40-,41-,42-,43-,44-,47+/m0/s1. The number of rotatable bonds is 20. The van der Waals surface area contributed by atoms with Crippen molar-refractivity contribution < 1.29 is 84.3 Å². The fraction of sp³-hybridized carbons (Fsp3) is 0.725. The Morgan fingerprint density at radius 2 is 1.32 bits per heavy atom. The van der Waals surface area contributed by atoms with Crippen molar-refractivity contribution in [2.75, 3.05) is 13.1 Å². The Morgan fingerprint density at radius 1 is 0.724 bits per heavy atom. The molecule has 0 spiro atoms. The van der Waals surface area contributed by atoms with Crippen LogP contribution in [-0.2, 0) is 38.4 Å². The number of phenols is 1. The average molecular weight is 1080 g/mol. The van der Waals surface area contributed by atoms with Crippen molar-refractivity contribution in [3.8, 4) is 5.75 Å². The van der Waals surface area contributed by atoms with Crippen LogP contribution in [0.1, 0.15) is 130 Å². The summed E-state index contributed by atoms with van der Waals surface area (Å²) < 4.78 is 0. The number of nitrogens with two attached hydrogens (primary N) is 1. The molecule has 76 heavy (non-hydrogen) atoms. The summed E-state index contributed by atoms with van der Waals surface area (Å²) in [6.07, 6.45) is -9.95. The van der Waals surface area contributed by atoms with E-state index >= 15 is 0 Å². The number of hydrogen-bond acceptors (Lipinski definition) is 17. The van der Waals surface area contributed by atoms with Gasteiger partial charge in [-0.05, 0) is 49.3 Å². The van der Waals surface area contributed by atoms with E-state index in [-0.39, 0.29) is 17.7 Å². The van der Waals surface area contributed by atoms with Crippen LogP contribution in [0.2, 0.25) is 0 Å². The predicted octanol–water partition coefficient (Wildman–Crippen LogP) is -3.10. The van der Waals surface area contributed by atoms with Crippen LogP contribution in [-0.4, -0.2) is 195 Å². The average Bonchev–Trinajstić information content (AvgIpc) is 3.90. The molecule has 4 rings (SSSR count). The van der Waals surface area contributed by atoms with Gasteiger partial charge in [-0.1, -0.05) is 84.8 Å². The minimum absolute atomic E-state index is 0.0813. The molecule has 3 saturated heterocycles. The molecule has 3 aliphatic rings.